The summed E-state index contributed by atoms with van der Waals surface area (Å²) in [5.41, 5.74) is 0. The summed E-state index contributed by atoms with van der Waals surface area (Å²) in [6.07, 6.45) is 2.10. The third-order valence-electron chi connectivity index (χ3n) is 1.68. The topological polar surface area (TPSA) is 46.4 Å². The van der Waals surface area contributed by atoms with Crippen molar-refractivity contribution in [2.24, 2.45) is 0 Å². The molecule has 1 heterocycles. The molecule has 0 unspecified atom stereocenters. The van der Waals surface area contributed by atoms with E-state index >= 15 is 0 Å². The lowest BCUT2D eigenvalue weighted by Crippen LogP contribution is -2.22. The van der Waals surface area contributed by atoms with E-state index in [4.69, 9.17) is 0 Å². The highest BCUT2D eigenvalue weighted by Crippen LogP contribution is 2.12. The van der Waals surface area contributed by atoms with Gasteiger partial charge in [0.05, 0.1) is 13.1 Å². The van der Waals surface area contributed by atoms with Gasteiger partial charge in [0, 0.05) is 0 Å². The van der Waals surface area contributed by atoms with Gasteiger partial charge in [-0.2, -0.15) is 0 Å². The molecule has 1 aliphatic heterocycles. The minimum atomic E-state index is -0.425. The van der Waals surface area contributed by atoms with Crippen LogP contribution in [0.15, 0.2) is 12.4 Å². The van der Waals surface area contributed by atoms with Gasteiger partial charge in [0.25, 0.3) is 0 Å². The van der Waals surface area contributed by atoms with Gasteiger partial charge in [-0.3, -0.25) is 4.90 Å². The van der Waals surface area contributed by atoms with E-state index in [0.29, 0.717) is 0 Å². The molecule has 10 heavy (non-hydrogen) atoms. The molecule has 1 aliphatic rings. The van der Waals surface area contributed by atoms with Crippen LogP contribution in [0.3, 0.4) is 0 Å². The molecule has 0 bridgehead atoms. The lowest BCUT2D eigenvalue weighted by molar-refractivity contribution is -0.444. The van der Waals surface area contributed by atoms with Gasteiger partial charge >= 0.3 is 5.82 Å². The molecule has 0 aromatic carbocycles. The molecular weight excluding hydrogens is 132 g/mol. The predicted molar refractivity (Wildman–Crippen MR) is 36.9 cm³/mol. The van der Waals surface area contributed by atoms with Crippen LogP contribution in [0.5, 0.6) is 0 Å². The molecule has 4 heteroatoms. The first kappa shape index (κ1) is 7.05. The summed E-state index contributed by atoms with van der Waals surface area (Å²) >= 11 is 0. The fourth-order valence-corrected chi connectivity index (χ4v) is 1.09. The molecule has 1 rings (SSSR count). The van der Waals surface area contributed by atoms with Gasteiger partial charge in [0.1, 0.15) is 0 Å². The van der Waals surface area contributed by atoms with Crippen molar-refractivity contribution in [3.63, 3.8) is 0 Å². The lowest BCUT2D eigenvalue weighted by atomic mass is 10.4. The Morgan fingerprint density at radius 1 is 1.50 bits per heavy atom. The molecule has 0 saturated carbocycles. The zero-order chi connectivity index (χ0) is 7.56. The van der Waals surface area contributed by atoms with Crippen LogP contribution in [-0.2, 0) is 0 Å². The van der Waals surface area contributed by atoms with Gasteiger partial charge in [0.2, 0.25) is 0 Å². The molecule has 0 aromatic rings. The first-order valence-electron chi connectivity index (χ1n) is 3.30. The Bertz CT molecular complexity index is 161. The van der Waals surface area contributed by atoms with Crippen LogP contribution in [0, 0.1) is 10.1 Å². The largest absolute Gasteiger partial charge is 0.358 e. The van der Waals surface area contributed by atoms with Crippen molar-refractivity contribution in [1.29, 1.82) is 0 Å². The molecule has 1 fully saturated rings. The average Bonchev–Trinajstić information content (AvgIpc) is 2.36. The zero-order valence-corrected chi connectivity index (χ0v) is 5.75. The summed E-state index contributed by atoms with van der Waals surface area (Å²) in [7, 11) is 0. The molecule has 56 valence electrons. The molecule has 0 aliphatic carbocycles. The summed E-state index contributed by atoms with van der Waals surface area (Å²) in [6, 6.07) is 0. The second-order valence-corrected chi connectivity index (χ2v) is 2.37. The second kappa shape index (κ2) is 2.68. The van der Waals surface area contributed by atoms with Crippen LogP contribution < -0.4 is 0 Å². The van der Waals surface area contributed by atoms with E-state index in [1.54, 1.807) is 4.90 Å². The van der Waals surface area contributed by atoms with Gasteiger partial charge in [-0.05, 0) is 24.3 Å². The van der Waals surface area contributed by atoms with Gasteiger partial charge in [-0.25, -0.2) is 0 Å². The monoisotopic (exact) mass is 142 g/mol. The summed E-state index contributed by atoms with van der Waals surface area (Å²) in [5.74, 6) is 0.0394. The summed E-state index contributed by atoms with van der Waals surface area (Å²) in [5, 5.41) is 10.2. The fourth-order valence-electron chi connectivity index (χ4n) is 1.09. The molecule has 0 spiro atoms. The van der Waals surface area contributed by atoms with E-state index in [9.17, 15) is 10.1 Å². The quantitative estimate of drug-likeness (QED) is 0.423. The average molecular weight is 142 g/mol. The summed E-state index contributed by atoms with van der Waals surface area (Å²) < 4.78 is 0. The number of likely N-dealkylation sites (tertiary alicyclic amines) is 1. The molecular formula is C6H10N2O2. The SMILES string of the molecule is C=C(N1CCCC1)[N+](=O)[O-]. The number of nitro groups is 1. The van der Waals surface area contributed by atoms with Gasteiger partial charge in [-0.1, -0.05) is 0 Å². The first-order chi connectivity index (χ1) is 4.72. The fraction of sp³-hybridized carbons (Fsp3) is 0.667. The third kappa shape index (κ3) is 1.26. The zero-order valence-electron chi connectivity index (χ0n) is 5.75. The second-order valence-electron chi connectivity index (χ2n) is 2.37. The summed E-state index contributed by atoms with van der Waals surface area (Å²) in [6.45, 7) is 4.95. The minimum absolute atomic E-state index is 0.0394. The highest BCUT2D eigenvalue weighted by molar-refractivity contribution is 4.84. The van der Waals surface area contributed by atoms with Crippen molar-refractivity contribution in [3.8, 4) is 0 Å². The van der Waals surface area contributed by atoms with E-state index in [-0.39, 0.29) is 5.82 Å². The Morgan fingerprint density at radius 2 is 2.00 bits per heavy atom. The maximum atomic E-state index is 10.2. The van der Waals surface area contributed by atoms with E-state index in [1.165, 1.54) is 0 Å². The molecule has 0 aromatic heterocycles. The number of hydrogen-bond acceptors (Lipinski definition) is 3. The smallest absolute Gasteiger partial charge is 0.311 e. The first-order valence-corrected chi connectivity index (χ1v) is 3.30. The van der Waals surface area contributed by atoms with Crippen molar-refractivity contribution in [1.82, 2.24) is 4.90 Å². The maximum Gasteiger partial charge on any atom is 0.311 e. The van der Waals surface area contributed by atoms with Crippen molar-refractivity contribution >= 4 is 0 Å². The van der Waals surface area contributed by atoms with Gasteiger partial charge < -0.3 is 10.1 Å². The van der Waals surface area contributed by atoms with E-state index in [2.05, 4.69) is 6.58 Å². The van der Waals surface area contributed by atoms with Crippen LogP contribution in [0.4, 0.5) is 0 Å². The molecule has 4 nitrogen and oxygen atoms in total. The van der Waals surface area contributed by atoms with Crippen molar-refractivity contribution in [2.75, 3.05) is 13.1 Å². The standard InChI is InChI=1S/C6H10N2O2/c1-6(8(9)10)7-4-2-3-5-7/h1-5H2. The predicted octanol–water partition coefficient (Wildman–Crippen LogP) is 0.830. The number of nitrogens with zero attached hydrogens (tertiary/aromatic N) is 2. The van der Waals surface area contributed by atoms with E-state index < -0.39 is 4.92 Å². The number of hydrogen-bond donors (Lipinski definition) is 0. The van der Waals surface area contributed by atoms with E-state index in [0.717, 1.165) is 25.9 Å². The van der Waals surface area contributed by atoms with Crippen molar-refractivity contribution in [2.45, 2.75) is 12.8 Å². The molecule has 0 radical (unpaired) electrons. The third-order valence-corrected chi connectivity index (χ3v) is 1.68. The molecule has 0 amide bonds. The lowest BCUT2D eigenvalue weighted by Gasteiger charge is -2.09. The van der Waals surface area contributed by atoms with Crippen molar-refractivity contribution < 1.29 is 4.92 Å². The Hall–Kier alpha value is -1.06. The Morgan fingerprint density at radius 3 is 2.40 bits per heavy atom. The van der Waals surface area contributed by atoms with Gasteiger partial charge in [0.15, 0.2) is 0 Å². The highest BCUT2D eigenvalue weighted by Gasteiger charge is 2.21. The molecule has 0 atom stereocenters. The van der Waals surface area contributed by atoms with Gasteiger partial charge in [-0.15, -0.1) is 0 Å². The Labute approximate surface area is 59.3 Å². The van der Waals surface area contributed by atoms with Crippen LogP contribution >= 0.6 is 0 Å². The van der Waals surface area contributed by atoms with Crippen LogP contribution in [0.25, 0.3) is 0 Å². The van der Waals surface area contributed by atoms with Crippen molar-refractivity contribution in [3.05, 3.63) is 22.5 Å². The number of rotatable bonds is 2. The molecule has 1 saturated heterocycles. The Balaban J connectivity index is 2.48. The maximum absolute atomic E-state index is 10.2. The van der Waals surface area contributed by atoms with Crippen LogP contribution in [0.1, 0.15) is 12.8 Å². The van der Waals surface area contributed by atoms with Crippen LogP contribution in [0.2, 0.25) is 0 Å². The minimum Gasteiger partial charge on any atom is -0.358 e. The van der Waals surface area contributed by atoms with Crippen LogP contribution in [-0.4, -0.2) is 22.9 Å². The summed E-state index contributed by atoms with van der Waals surface area (Å²) in [4.78, 5) is 11.4. The Kier molecular flexibility index (Phi) is 1.89. The normalized spacial score (nSPS) is 17.4. The highest BCUT2D eigenvalue weighted by atomic mass is 16.6. The molecule has 0 N–H and O–H groups in total. The van der Waals surface area contributed by atoms with E-state index in [1.807, 2.05) is 0 Å².